The van der Waals surface area contributed by atoms with Gasteiger partial charge in [-0.15, -0.1) is 0 Å². The highest BCUT2D eigenvalue weighted by molar-refractivity contribution is 5.94. The summed E-state index contributed by atoms with van der Waals surface area (Å²) in [6.07, 6.45) is 0.700. The molecule has 0 spiro atoms. The maximum atomic E-state index is 11.9. The van der Waals surface area contributed by atoms with Crippen molar-refractivity contribution in [3.63, 3.8) is 0 Å². The number of methoxy groups -OCH3 is 1. The fraction of sp³-hybridized carbons (Fsp3) is 0.462. The van der Waals surface area contributed by atoms with Crippen molar-refractivity contribution in [2.75, 3.05) is 13.7 Å². The maximum absolute atomic E-state index is 11.9. The molecular formula is C13H19NO3. The van der Waals surface area contributed by atoms with E-state index in [9.17, 15) is 4.79 Å². The molecule has 0 aliphatic heterocycles. The van der Waals surface area contributed by atoms with Gasteiger partial charge in [0.25, 0.3) is 5.91 Å². The van der Waals surface area contributed by atoms with Crippen LogP contribution in [0.5, 0.6) is 5.75 Å². The van der Waals surface area contributed by atoms with Gasteiger partial charge in [-0.2, -0.15) is 0 Å². The van der Waals surface area contributed by atoms with Gasteiger partial charge in [-0.3, -0.25) is 4.79 Å². The van der Waals surface area contributed by atoms with Crippen LogP contribution in [0.4, 0.5) is 0 Å². The number of rotatable bonds is 5. The second-order valence-corrected chi connectivity index (χ2v) is 3.95. The van der Waals surface area contributed by atoms with E-state index in [4.69, 9.17) is 9.84 Å². The molecule has 1 amide bonds. The van der Waals surface area contributed by atoms with Gasteiger partial charge in [0, 0.05) is 5.56 Å². The Balaban J connectivity index is 2.82. The first-order chi connectivity index (χ1) is 8.12. The molecule has 4 heteroatoms. The maximum Gasteiger partial charge on any atom is 0.251 e. The van der Waals surface area contributed by atoms with Crippen molar-refractivity contribution in [2.24, 2.45) is 0 Å². The molecule has 0 saturated carbocycles. The molecule has 0 saturated heterocycles. The summed E-state index contributed by atoms with van der Waals surface area (Å²) >= 11 is 0. The predicted molar refractivity (Wildman–Crippen MR) is 66.4 cm³/mol. The van der Waals surface area contributed by atoms with Gasteiger partial charge >= 0.3 is 0 Å². The van der Waals surface area contributed by atoms with Crippen LogP contribution in [-0.4, -0.2) is 30.8 Å². The second kappa shape index (κ2) is 6.25. The summed E-state index contributed by atoms with van der Waals surface area (Å²) in [5, 5.41) is 11.8. The number of nitrogens with one attached hydrogen (secondary N) is 1. The summed E-state index contributed by atoms with van der Waals surface area (Å²) < 4.78 is 5.16. The minimum Gasteiger partial charge on any atom is -0.496 e. The fourth-order valence-corrected chi connectivity index (χ4v) is 1.51. The lowest BCUT2D eigenvalue weighted by Gasteiger charge is -2.14. The van der Waals surface area contributed by atoms with Crippen LogP contribution in [0, 0.1) is 6.92 Å². The lowest BCUT2D eigenvalue weighted by molar-refractivity contribution is 0.0914. The molecule has 1 aromatic carbocycles. The molecule has 0 aliphatic carbocycles. The molecule has 0 aliphatic rings. The van der Waals surface area contributed by atoms with Crippen LogP contribution >= 0.6 is 0 Å². The summed E-state index contributed by atoms with van der Waals surface area (Å²) in [5.41, 5.74) is 1.53. The van der Waals surface area contributed by atoms with Crippen molar-refractivity contribution in [3.8, 4) is 5.75 Å². The highest BCUT2D eigenvalue weighted by atomic mass is 16.5. The number of hydrogen-bond acceptors (Lipinski definition) is 3. The molecule has 0 aromatic heterocycles. The summed E-state index contributed by atoms with van der Waals surface area (Å²) in [5.74, 6) is 0.499. The topological polar surface area (TPSA) is 58.6 Å². The first kappa shape index (κ1) is 13.5. The molecule has 1 atom stereocenters. The van der Waals surface area contributed by atoms with Gasteiger partial charge in [0.1, 0.15) is 5.75 Å². The SMILES string of the molecule is CC[C@H](CO)NC(=O)c1ccc(C)c(OC)c1. The Morgan fingerprint density at radius 3 is 2.76 bits per heavy atom. The predicted octanol–water partition coefficient (Wildman–Crippen LogP) is 1.50. The molecule has 17 heavy (non-hydrogen) atoms. The Bertz CT molecular complexity index is 386. The highest BCUT2D eigenvalue weighted by Gasteiger charge is 2.12. The highest BCUT2D eigenvalue weighted by Crippen LogP contribution is 2.18. The van der Waals surface area contributed by atoms with Crippen LogP contribution in [-0.2, 0) is 0 Å². The number of carbonyl (C=O) groups excluding carboxylic acids is 1. The largest absolute Gasteiger partial charge is 0.496 e. The standard InChI is InChI=1S/C13H19NO3/c1-4-11(8-15)14-13(16)10-6-5-9(2)12(7-10)17-3/h5-7,11,15H,4,8H2,1-3H3,(H,14,16)/t11-/m1/s1. The third-order valence-electron chi connectivity index (χ3n) is 2.72. The zero-order chi connectivity index (χ0) is 12.8. The number of aryl methyl sites for hydroxylation is 1. The molecule has 0 unspecified atom stereocenters. The van der Waals surface area contributed by atoms with E-state index in [-0.39, 0.29) is 18.6 Å². The first-order valence-electron chi connectivity index (χ1n) is 5.68. The summed E-state index contributed by atoms with van der Waals surface area (Å²) in [7, 11) is 1.58. The minimum absolute atomic E-state index is 0.0504. The minimum atomic E-state index is -0.199. The molecule has 94 valence electrons. The average molecular weight is 237 g/mol. The van der Waals surface area contributed by atoms with Gasteiger partial charge < -0.3 is 15.2 Å². The Kier molecular flexibility index (Phi) is 4.97. The molecular weight excluding hydrogens is 218 g/mol. The normalized spacial score (nSPS) is 12.0. The first-order valence-corrected chi connectivity index (χ1v) is 5.68. The lowest BCUT2D eigenvalue weighted by Crippen LogP contribution is -2.36. The van der Waals surface area contributed by atoms with E-state index >= 15 is 0 Å². The van der Waals surface area contributed by atoms with Gasteiger partial charge in [0.2, 0.25) is 0 Å². The number of hydrogen-bond donors (Lipinski definition) is 2. The van der Waals surface area contributed by atoms with E-state index in [1.807, 2.05) is 19.9 Å². The number of amides is 1. The van der Waals surface area contributed by atoms with Crippen LogP contribution in [0.3, 0.4) is 0 Å². The van der Waals surface area contributed by atoms with Gasteiger partial charge in [0.15, 0.2) is 0 Å². The van der Waals surface area contributed by atoms with Crippen LogP contribution in [0.15, 0.2) is 18.2 Å². The van der Waals surface area contributed by atoms with Crippen LogP contribution < -0.4 is 10.1 Å². The lowest BCUT2D eigenvalue weighted by atomic mass is 10.1. The molecule has 1 rings (SSSR count). The summed E-state index contributed by atoms with van der Waals surface area (Å²) in [6, 6.07) is 5.09. The van der Waals surface area contributed by atoms with Gasteiger partial charge in [-0.1, -0.05) is 13.0 Å². The second-order valence-electron chi connectivity index (χ2n) is 3.95. The third-order valence-corrected chi connectivity index (χ3v) is 2.72. The smallest absolute Gasteiger partial charge is 0.251 e. The van der Waals surface area contributed by atoms with Gasteiger partial charge in [-0.25, -0.2) is 0 Å². The number of ether oxygens (including phenoxy) is 1. The van der Waals surface area contributed by atoms with Gasteiger partial charge in [0.05, 0.1) is 19.8 Å². The van der Waals surface area contributed by atoms with Gasteiger partial charge in [-0.05, 0) is 31.0 Å². The van der Waals surface area contributed by atoms with E-state index in [1.54, 1.807) is 19.2 Å². The Labute approximate surface area is 102 Å². The summed E-state index contributed by atoms with van der Waals surface area (Å²) in [4.78, 5) is 11.9. The van der Waals surface area contributed by atoms with E-state index in [1.165, 1.54) is 0 Å². The van der Waals surface area contributed by atoms with Crippen molar-refractivity contribution in [2.45, 2.75) is 26.3 Å². The quantitative estimate of drug-likeness (QED) is 0.816. The van der Waals surface area contributed by atoms with Crippen LogP contribution in [0.1, 0.15) is 29.3 Å². The van der Waals surface area contributed by atoms with Crippen molar-refractivity contribution < 1.29 is 14.6 Å². The monoisotopic (exact) mass is 237 g/mol. The average Bonchev–Trinajstić information content (AvgIpc) is 2.36. The van der Waals surface area contributed by atoms with E-state index in [0.29, 0.717) is 17.7 Å². The van der Waals surface area contributed by atoms with E-state index in [0.717, 1.165) is 5.56 Å². The van der Waals surface area contributed by atoms with Crippen LogP contribution in [0.25, 0.3) is 0 Å². The fourth-order valence-electron chi connectivity index (χ4n) is 1.51. The number of aliphatic hydroxyl groups is 1. The third kappa shape index (κ3) is 3.46. The molecule has 4 nitrogen and oxygen atoms in total. The Morgan fingerprint density at radius 1 is 1.53 bits per heavy atom. The molecule has 0 bridgehead atoms. The number of carbonyl (C=O) groups is 1. The van der Waals surface area contributed by atoms with Crippen molar-refractivity contribution in [1.82, 2.24) is 5.32 Å². The molecule has 0 radical (unpaired) electrons. The zero-order valence-electron chi connectivity index (χ0n) is 10.5. The van der Waals surface area contributed by atoms with Crippen LogP contribution in [0.2, 0.25) is 0 Å². The van der Waals surface area contributed by atoms with E-state index in [2.05, 4.69) is 5.32 Å². The van der Waals surface area contributed by atoms with Crippen molar-refractivity contribution in [1.29, 1.82) is 0 Å². The molecule has 0 fully saturated rings. The summed E-state index contributed by atoms with van der Waals surface area (Å²) in [6.45, 7) is 3.78. The molecule has 1 aromatic rings. The Morgan fingerprint density at radius 2 is 2.24 bits per heavy atom. The molecule has 0 heterocycles. The van der Waals surface area contributed by atoms with Crippen molar-refractivity contribution in [3.05, 3.63) is 29.3 Å². The zero-order valence-corrected chi connectivity index (χ0v) is 10.5. The Hall–Kier alpha value is -1.55. The van der Waals surface area contributed by atoms with Crippen molar-refractivity contribution >= 4 is 5.91 Å². The van der Waals surface area contributed by atoms with E-state index < -0.39 is 0 Å². The number of aliphatic hydroxyl groups excluding tert-OH is 1. The number of benzene rings is 1. The molecule has 2 N–H and O–H groups in total.